The van der Waals surface area contributed by atoms with Gasteiger partial charge in [-0.3, -0.25) is 0 Å². The lowest BCUT2D eigenvalue weighted by molar-refractivity contribution is 1.28. The Kier molecular flexibility index (Phi) is 12.8. The van der Waals surface area contributed by atoms with Crippen LogP contribution in [0.4, 0.5) is 34.1 Å². The van der Waals surface area contributed by atoms with Gasteiger partial charge in [0.2, 0.25) is 0 Å². The van der Waals surface area contributed by atoms with Crippen molar-refractivity contribution in [1.29, 1.82) is 0 Å². The molecule has 0 aliphatic rings. The van der Waals surface area contributed by atoms with Crippen molar-refractivity contribution in [2.24, 2.45) is 0 Å². The molecule has 350 valence electrons. The molecule has 0 saturated carbocycles. The highest BCUT2D eigenvalue weighted by atomic mass is 15.2. The van der Waals surface area contributed by atoms with E-state index in [9.17, 15) is 0 Å². The molecular weight excluding hydrogens is 893 g/mol. The van der Waals surface area contributed by atoms with Gasteiger partial charge in [0, 0.05) is 39.4 Å². The summed E-state index contributed by atoms with van der Waals surface area (Å²) in [4.78, 5) is 4.83. The van der Waals surface area contributed by atoms with Crippen LogP contribution in [0, 0.1) is 0 Å². The van der Waals surface area contributed by atoms with E-state index < -0.39 is 0 Å². The minimum Gasteiger partial charge on any atom is -0.310 e. The molecule has 0 bridgehead atoms. The van der Waals surface area contributed by atoms with Gasteiger partial charge in [-0.2, -0.15) is 0 Å². The fraction of sp³-hybridized carbons (Fsp3) is 0. The normalized spacial score (nSPS) is 11.0. The Morgan fingerprint density at radius 2 is 0.419 bits per heavy atom. The number of anilines is 6. The summed E-state index contributed by atoms with van der Waals surface area (Å²) in [5.41, 5.74) is 22.8. The molecule has 0 aromatic heterocycles. The van der Waals surface area contributed by atoms with Crippen molar-refractivity contribution in [3.63, 3.8) is 0 Å². The van der Waals surface area contributed by atoms with Crippen LogP contribution in [0.5, 0.6) is 0 Å². The predicted octanol–water partition coefficient (Wildman–Crippen LogP) is 20.3. The van der Waals surface area contributed by atoms with Gasteiger partial charge in [0.05, 0.1) is 11.4 Å². The first kappa shape index (κ1) is 45.4. The maximum atomic E-state index is 2.43. The van der Waals surface area contributed by atoms with E-state index in [4.69, 9.17) is 0 Å². The van der Waals surface area contributed by atoms with Crippen molar-refractivity contribution < 1.29 is 0 Å². The van der Waals surface area contributed by atoms with Gasteiger partial charge in [0.25, 0.3) is 0 Å². The standard InChI is InChI=1S/C72H52N2/c1-7-20-53(21-8-1)56-34-43-64(44-35-56)73(71-51-42-63(55-24-11-3-12-25-55)52-70(71)62-30-17-6-18-31-62)65-45-36-58(37-46-65)59-40-49-67(50-41-59)74(66-47-38-57(39-48-66)54-22-9-2-10-23-54)72-68(60-26-13-4-14-27-60)32-19-33-69(72)61-28-15-5-16-29-61/h1-52H. The van der Waals surface area contributed by atoms with E-state index in [1.54, 1.807) is 0 Å². The predicted molar refractivity (Wildman–Crippen MR) is 314 cm³/mol. The van der Waals surface area contributed by atoms with Gasteiger partial charge in [-0.05, 0) is 122 Å². The molecule has 0 heterocycles. The molecule has 12 rings (SSSR count). The zero-order valence-electron chi connectivity index (χ0n) is 40.9. The quantitative estimate of drug-likeness (QED) is 0.114. The smallest absolute Gasteiger partial charge is 0.0618 e. The van der Waals surface area contributed by atoms with Crippen LogP contribution in [-0.4, -0.2) is 0 Å². The third kappa shape index (κ3) is 9.44. The molecule has 2 nitrogen and oxygen atoms in total. The maximum Gasteiger partial charge on any atom is 0.0618 e. The minimum absolute atomic E-state index is 1.07. The van der Waals surface area contributed by atoms with Crippen molar-refractivity contribution in [2.45, 2.75) is 0 Å². The Morgan fingerprint density at radius 1 is 0.162 bits per heavy atom. The Hall–Kier alpha value is -9.76. The maximum absolute atomic E-state index is 2.43. The summed E-state index contributed by atoms with van der Waals surface area (Å²) in [5.74, 6) is 0. The van der Waals surface area contributed by atoms with E-state index in [1.165, 1.54) is 33.4 Å². The summed E-state index contributed by atoms with van der Waals surface area (Å²) < 4.78 is 0. The van der Waals surface area contributed by atoms with Crippen molar-refractivity contribution in [2.75, 3.05) is 9.80 Å². The summed E-state index contributed by atoms with van der Waals surface area (Å²) in [6.45, 7) is 0. The van der Waals surface area contributed by atoms with Crippen molar-refractivity contribution in [1.82, 2.24) is 0 Å². The first-order chi connectivity index (χ1) is 36.7. The van der Waals surface area contributed by atoms with E-state index in [0.717, 1.165) is 78.6 Å². The molecule has 0 saturated heterocycles. The summed E-state index contributed by atoms with van der Waals surface area (Å²) in [5, 5.41) is 0. The monoisotopic (exact) mass is 944 g/mol. The van der Waals surface area contributed by atoms with E-state index in [1.807, 2.05) is 0 Å². The molecule has 0 aliphatic carbocycles. The van der Waals surface area contributed by atoms with Gasteiger partial charge in [-0.15, -0.1) is 0 Å². The van der Waals surface area contributed by atoms with Gasteiger partial charge in [0.1, 0.15) is 0 Å². The number of benzene rings is 12. The zero-order valence-corrected chi connectivity index (χ0v) is 40.9. The molecule has 2 heteroatoms. The van der Waals surface area contributed by atoms with Crippen LogP contribution < -0.4 is 9.80 Å². The third-order valence-corrected chi connectivity index (χ3v) is 13.9. The SMILES string of the molecule is c1ccc(-c2ccc(N(c3ccc(-c4ccc(N(c5ccc(-c6ccccc6)cc5)c5c(-c6ccccc6)cccc5-c5ccccc5)cc4)cc3)c3ccc(-c4ccccc4)cc3-c3ccccc3)cc2)cc1. The molecule has 0 amide bonds. The summed E-state index contributed by atoms with van der Waals surface area (Å²) in [6, 6.07) is 114. The lowest BCUT2D eigenvalue weighted by Gasteiger charge is -2.31. The molecule has 0 N–H and O–H groups in total. The van der Waals surface area contributed by atoms with E-state index in [0.29, 0.717) is 0 Å². The molecule has 0 aliphatic heterocycles. The molecule has 74 heavy (non-hydrogen) atoms. The number of hydrogen-bond donors (Lipinski definition) is 0. The molecule has 12 aromatic rings. The van der Waals surface area contributed by atoms with E-state index >= 15 is 0 Å². The molecule has 0 spiro atoms. The van der Waals surface area contributed by atoms with Crippen molar-refractivity contribution in [3.8, 4) is 77.9 Å². The number of para-hydroxylation sites is 1. The Labute approximate surface area is 435 Å². The number of rotatable bonds is 13. The van der Waals surface area contributed by atoms with Crippen LogP contribution in [-0.2, 0) is 0 Å². The summed E-state index contributed by atoms with van der Waals surface area (Å²) >= 11 is 0. The largest absolute Gasteiger partial charge is 0.310 e. The fourth-order valence-electron chi connectivity index (χ4n) is 10.2. The van der Waals surface area contributed by atoms with Gasteiger partial charge in [-0.25, -0.2) is 0 Å². The minimum atomic E-state index is 1.07. The van der Waals surface area contributed by atoms with E-state index in [2.05, 4.69) is 325 Å². The van der Waals surface area contributed by atoms with Crippen molar-refractivity contribution >= 4 is 34.1 Å². The molecule has 12 aromatic carbocycles. The van der Waals surface area contributed by atoms with Gasteiger partial charge in [-0.1, -0.05) is 255 Å². The van der Waals surface area contributed by atoms with Crippen LogP contribution in [0.15, 0.2) is 315 Å². The number of nitrogens with zero attached hydrogens (tertiary/aromatic N) is 2. The Balaban J connectivity index is 0.954. The lowest BCUT2D eigenvalue weighted by atomic mass is 9.94. The topological polar surface area (TPSA) is 6.48 Å². The highest BCUT2D eigenvalue weighted by Gasteiger charge is 2.23. The first-order valence-electron chi connectivity index (χ1n) is 25.3. The van der Waals surface area contributed by atoms with Crippen LogP contribution in [0.25, 0.3) is 77.9 Å². The van der Waals surface area contributed by atoms with Gasteiger partial charge >= 0.3 is 0 Å². The van der Waals surface area contributed by atoms with Crippen LogP contribution in [0.1, 0.15) is 0 Å². The Bertz CT molecular complexity index is 3690. The Morgan fingerprint density at radius 3 is 0.757 bits per heavy atom. The second-order valence-corrected chi connectivity index (χ2v) is 18.5. The molecule has 0 radical (unpaired) electrons. The molecular formula is C72H52N2. The summed E-state index contributed by atoms with van der Waals surface area (Å²) in [6.07, 6.45) is 0. The van der Waals surface area contributed by atoms with Crippen LogP contribution >= 0.6 is 0 Å². The average molecular weight is 945 g/mol. The highest BCUT2D eigenvalue weighted by molar-refractivity contribution is 5.98. The zero-order chi connectivity index (χ0) is 49.5. The molecule has 0 unspecified atom stereocenters. The summed E-state index contributed by atoms with van der Waals surface area (Å²) in [7, 11) is 0. The second-order valence-electron chi connectivity index (χ2n) is 18.5. The first-order valence-corrected chi connectivity index (χ1v) is 25.3. The average Bonchev–Trinajstić information content (AvgIpc) is 3.49. The van der Waals surface area contributed by atoms with Gasteiger partial charge < -0.3 is 9.80 Å². The fourth-order valence-corrected chi connectivity index (χ4v) is 10.2. The molecule has 0 fully saturated rings. The van der Waals surface area contributed by atoms with E-state index in [-0.39, 0.29) is 0 Å². The van der Waals surface area contributed by atoms with Gasteiger partial charge in [0.15, 0.2) is 0 Å². The number of hydrogen-bond acceptors (Lipinski definition) is 2. The lowest BCUT2D eigenvalue weighted by Crippen LogP contribution is -2.12. The molecule has 0 atom stereocenters. The van der Waals surface area contributed by atoms with Crippen LogP contribution in [0.3, 0.4) is 0 Å². The van der Waals surface area contributed by atoms with Crippen LogP contribution in [0.2, 0.25) is 0 Å². The third-order valence-electron chi connectivity index (χ3n) is 13.9. The highest BCUT2D eigenvalue weighted by Crippen LogP contribution is 2.48. The second kappa shape index (κ2) is 20.9. The van der Waals surface area contributed by atoms with Crippen molar-refractivity contribution in [3.05, 3.63) is 315 Å².